The average molecular weight is 308 g/mol. The van der Waals surface area contributed by atoms with Gasteiger partial charge in [0.05, 0.1) is 6.33 Å². The molecule has 0 fully saturated rings. The van der Waals surface area contributed by atoms with E-state index >= 15 is 0 Å². The van der Waals surface area contributed by atoms with E-state index in [9.17, 15) is 8.42 Å². The highest BCUT2D eigenvalue weighted by molar-refractivity contribution is 7.89. The predicted octanol–water partition coefficient (Wildman–Crippen LogP) is 1.60. The van der Waals surface area contributed by atoms with Gasteiger partial charge in [-0.15, -0.1) is 0 Å². The molecule has 1 aromatic heterocycles. The number of nitrogen functional groups attached to an aromatic ring is 1. The molecule has 6 nitrogen and oxygen atoms in total. The Hall–Kier alpha value is -1.86. The molecule has 0 aliphatic rings. The monoisotopic (exact) mass is 308 g/mol. The van der Waals surface area contributed by atoms with Gasteiger partial charge in [0.15, 0.2) is 5.03 Å². The van der Waals surface area contributed by atoms with Crippen molar-refractivity contribution >= 4 is 15.7 Å². The number of hydrogen-bond acceptors (Lipinski definition) is 4. The first-order chi connectivity index (χ1) is 9.93. The molecule has 0 atom stereocenters. The van der Waals surface area contributed by atoms with Crippen LogP contribution in [-0.4, -0.2) is 28.8 Å². The third-order valence-electron chi connectivity index (χ3n) is 3.07. The molecule has 1 aromatic carbocycles. The second kappa shape index (κ2) is 6.28. The van der Waals surface area contributed by atoms with Crippen molar-refractivity contribution in [1.82, 2.24) is 13.9 Å². The number of anilines is 1. The summed E-state index contributed by atoms with van der Waals surface area (Å²) in [5.41, 5.74) is 7.24. The fraction of sp³-hybridized carbons (Fsp3) is 0.357. The van der Waals surface area contributed by atoms with Crippen molar-refractivity contribution in [3.05, 3.63) is 42.4 Å². The second-order valence-electron chi connectivity index (χ2n) is 4.96. The van der Waals surface area contributed by atoms with Crippen molar-refractivity contribution in [3.63, 3.8) is 0 Å². The van der Waals surface area contributed by atoms with E-state index < -0.39 is 10.0 Å². The molecule has 0 bridgehead atoms. The minimum absolute atomic E-state index is 0.0716. The molecular formula is C14H20N4O2S. The van der Waals surface area contributed by atoms with Gasteiger partial charge in [-0.25, -0.2) is 13.4 Å². The summed E-state index contributed by atoms with van der Waals surface area (Å²) in [5.74, 6) is 0. The molecule has 2 aromatic rings. The van der Waals surface area contributed by atoms with Gasteiger partial charge in [0.2, 0.25) is 0 Å². The molecule has 0 radical (unpaired) electrons. The smallest absolute Gasteiger partial charge is 0.262 e. The summed E-state index contributed by atoms with van der Waals surface area (Å²) in [5, 5.41) is 0.0716. The number of aryl methyl sites for hydroxylation is 1. The van der Waals surface area contributed by atoms with Crippen LogP contribution in [0.4, 0.5) is 5.69 Å². The van der Waals surface area contributed by atoms with Crippen molar-refractivity contribution in [3.8, 4) is 0 Å². The summed E-state index contributed by atoms with van der Waals surface area (Å²) in [6, 6.07) is 7.26. The lowest BCUT2D eigenvalue weighted by Gasteiger charge is -2.20. The zero-order valence-electron chi connectivity index (χ0n) is 12.2. The summed E-state index contributed by atoms with van der Waals surface area (Å²) in [6.07, 6.45) is 3.73. The Labute approximate surface area is 125 Å². The fourth-order valence-electron chi connectivity index (χ4n) is 2.08. The fourth-order valence-corrected chi connectivity index (χ4v) is 3.57. The molecule has 0 aliphatic heterocycles. The predicted molar refractivity (Wildman–Crippen MR) is 81.9 cm³/mol. The molecule has 2 rings (SSSR count). The van der Waals surface area contributed by atoms with E-state index in [1.807, 2.05) is 19.1 Å². The Bertz CT molecular complexity index is 709. The molecular weight excluding hydrogens is 288 g/mol. The Morgan fingerprint density at radius 1 is 1.38 bits per heavy atom. The second-order valence-corrected chi connectivity index (χ2v) is 6.85. The Kier molecular flexibility index (Phi) is 4.64. The standard InChI is InChI=1S/C14H20N4O2S/c1-3-7-18(9-12-5-4-6-13(15)8-12)21(19,20)14-10-17(2)11-16-14/h4-6,8,10-11H,3,7,9,15H2,1-2H3. The first kappa shape index (κ1) is 15.5. The van der Waals surface area contributed by atoms with Crippen molar-refractivity contribution in [1.29, 1.82) is 0 Å². The molecule has 2 N–H and O–H groups in total. The number of sulfonamides is 1. The molecule has 7 heteroatoms. The van der Waals surface area contributed by atoms with Crippen LogP contribution in [0.25, 0.3) is 0 Å². The average Bonchev–Trinajstić information content (AvgIpc) is 2.86. The van der Waals surface area contributed by atoms with Gasteiger partial charge >= 0.3 is 0 Å². The van der Waals surface area contributed by atoms with Crippen LogP contribution in [0.1, 0.15) is 18.9 Å². The molecule has 1 heterocycles. The van der Waals surface area contributed by atoms with Crippen LogP contribution in [0.5, 0.6) is 0 Å². The molecule has 0 amide bonds. The van der Waals surface area contributed by atoms with Gasteiger partial charge in [0, 0.05) is 32.0 Å². The van der Waals surface area contributed by atoms with E-state index in [0.717, 1.165) is 12.0 Å². The summed E-state index contributed by atoms with van der Waals surface area (Å²) < 4.78 is 28.3. The highest BCUT2D eigenvalue weighted by atomic mass is 32.2. The highest BCUT2D eigenvalue weighted by Crippen LogP contribution is 2.18. The number of hydrogen-bond donors (Lipinski definition) is 1. The first-order valence-corrected chi connectivity index (χ1v) is 8.20. The molecule has 21 heavy (non-hydrogen) atoms. The number of benzene rings is 1. The van der Waals surface area contributed by atoms with Crippen LogP contribution in [0, 0.1) is 0 Å². The van der Waals surface area contributed by atoms with E-state index in [2.05, 4.69) is 4.98 Å². The van der Waals surface area contributed by atoms with Gasteiger partial charge in [0.1, 0.15) is 0 Å². The number of nitrogens with two attached hydrogens (primary N) is 1. The third-order valence-corrected chi connectivity index (χ3v) is 4.80. The zero-order valence-corrected chi connectivity index (χ0v) is 13.0. The minimum Gasteiger partial charge on any atom is -0.399 e. The molecule has 114 valence electrons. The largest absolute Gasteiger partial charge is 0.399 e. The topological polar surface area (TPSA) is 81.2 Å². The number of nitrogens with zero attached hydrogens (tertiary/aromatic N) is 3. The summed E-state index contributed by atoms with van der Waals surface area (Å²) >= 11 is 0. The lowest BCUT2D eigenvalue weighted by atomic mass is 10.2. The minimum atomic E-state index is -3.59. The SMILES string of the molecule is CCCN(Cc1cccc(N)c1)S(=O)(=O)c1cn(C)cn1. The Morgan fingerprint density at radius 2 is 2.14 bits per heavy atom. The number of aromatic nitrogens is 2. The van der Waals surface area contributed by atoms with Crippen LogP contribution in [0.15, 0.2) is 41.8 Å². The van der Waals surface area contributed by atoms with E-state index in [4.69, 9.17) is 5.73 Å². The van der Waals surface area contributed by atoms with Gasteiger partial charge in [-0.05, 0) is 24.1 Å². The maximum absolute atomic E-state index is 12.6. The van der Waals surface area contributed by atoms with Gasteiger partial charge in [-0.2, -0.15) is 4.31 Å². The van der Waals surface area contributed by atoms with E-state index in [1.54, 1.807) is 23.7 Å². The van der Waals surface area contributed by atoms with Crippen molar-refractivity contribution in [2.75, 3.05) is 12.3 Å². The zero-order chi connectivity index (χ0) is 15.5. The van der Waals surface area contributed by atoms with Crippen LogP contribution in [0.3, 0.4) is 0 Å². The molecule has 0 aliphatic carbocycles. The maximum Gasteiger partial charge on any atom is 0.262 e. The van der Waals surface area contributed by atoms with E-state index in [-0.39, 0.29) is 11.6 Å². The van der Waals surface area contributed by atoms with Crippen molar-refractivity contribution < 1.29 is 8.42 Å². The van der Waals surface area contributed by atoms with Crippen LogP contribution in [-0.2, 0) is 23.6 Å². The van der Waals surface area contributed by atoms with E-state index in [1.165, 1.54) is 16.8 Å². The van der Waals surface area contributed by atoms with E-state index in [0.29, 0.717) is 12.2 Å². The molecule has 0 spiro atoms. The normalized spacial score (nSPS) is 12.0. The van der Waals surface area contributed by atoms with Gasteiger partial charge < -0.3 is 10.3 Å². The van der Waals surface area contributed by atoms with Crippen molar-refractivity contribution in [2.24, 2.45) is 7.05 Å². The van der Waals surface area contributed by atoms with Gasteiger partial charge in [-0.1, -0.05) is 19.1 Å². The summed E-state index contributed by atoms with van der Waals surface area (Å²) in [6.45, 7) is 2.67. The third kappa shape index (κ3) is 3.62. The maximum atomic E-state index is 12.6. The number of imidazole rings is 1. The lowest BCUT2D eigenvalue weighted by Crippen LogP contribution is -2.31. The van der Waals surface area contributed by atoms with Gasteiger partial charge in [-0.3, -0.25) is 0 Å². The first-order valence-electron chi connectivity index (χ1n) is 6.76. The Morgan fingerprint density at radius 3 is 2.71 bits per heavy atom. The quantitative estimate of drug-likeness (QED) is 0.822. The van der Waals surface area contributed by atoms with Crippen LogP contribution in [0.2, 0.25) is 0 Å². The lowest BCUT2D eigenvalue weighted by molar-refractivity contribution is 0.404. The van der Waals surface area contributed by atoms with Gasteiger partial charge in [0.25, 0.3) is 10.0 Å². The Balaban J connectivity index is 2.30. The highest BCUT2D eigenvalue weighted by Gasteiger charge is 2.26. The summed E-state index contributed by atoms with van der Waals surface area (Å²) in [7, 11) is -1.85. The molecule has 0 saturated carbocycles. The van der Waals surface area contributed by atoms with Crippen LogP contribution >= 0.6 is 0 Å². The number of rotatable bonds is 6. The molecule has 0 unspecified atom stereocenters. The van der Waals surface area contributed by atoms with Crippen LogP contribution < -0.4 is 5.73 Å². The molecule has 0 saturated heterocycles. The van der Waals surface area contributed by atoms with Crippen molar-refractivity contribution in [2.45, 2.75) is 24.9 Å². The summed E-state index contributed by atoms with van der Waals surface area (Å²) in [4.78, 5) is 3.96.